The fourth-order valence-corrected chi connectivity index (χ4v) is 4.96. The number of phenolic OH excluding ortho intramolecular Hbond substituents is 2. The van der Waals surface area contributed by atoms with Gasteiger partial charge in [-0.15, -0.1) is 11.8 Å². The Morgan fingerprint density at radius 3 is 2.30 bits per heavy atom. The van der Waals surface area contributed by atoms with Crippen LogP contribution in [0.4, 0.5) is 5.69 Å². The molecule has 2 aliphatic rings. The molecule has 1 aliphatic heterocycles. The number of hydrogen-bond donors (Lipinski definition) is 3. The molecule has 0 radical (unpaired) electrons. The molecule has 27 heavy (non-hydrogen) atoms. The molecule has 1 aliphatic carbocycles. The van der Waals surface area contributed by atoms with Gasteiger partial charge in [-0.1, -0.05) is 36.4 Å². The van der Waals surface area contributed by atoms with E-state index in [0.29, 0.717) is 16.7 Å². The Morgan fingerprint density at radius 2 is 1.52 bits per heavy atom. The van der Waals surface area contributed by atoms with Crippen molar-refractivity contribution >= 4 is 28.9 Å². The molecule has 0 saturated carbocycles. The highest BCUT2D eigenvalue weighted by molar-refractivity contribution is 8.00. The lowest BCUT2D eigenvalue weighted by atomic mass is 10.0. The average molecular weight is 373 g/mol. The minimum atomic E-state index is -0.353. The lowest BCUT2D eigenvalue weighted by Crippen LogP contribution is -2.07. The van der Waals surface area contributed by atoms with Crippen LogP contribution in [0.2, 0.25) is 0 Å². The molecule has 5 heteroatoms. The molecule has 0 spiro atoms. The first kappa shape index (κ1) is 16.0. The monoisotopic (exact) mass is 373 g/mol. The second-order valence-corrected chi connectivity index (χ2v) is 7.71. The van der Waals surface area contributed by atoms with E-state index in [-0.39, 0.29) is 22.5 Å². The fourth-order valence-electron chi connectivity index (χ4n) is 3.69. The molecule has 132 valence electrons. The van der Waals surface area contributed by atoms with Gasteiger partial charge in [0, 0.05) is 27.7 Å². The second-order valence-electron chi connectivity index (χ2n) is 6.57. The van der Waals surface area contributed by atoms with Crippen molar-refractivity contribution in [2.75, 3.05) is 5.32 Å². The van der Waals surface area contributed by atoms with E-state index in [1.807, 2.05) is 48.5 Å². The van der Waals surface area contributed by atoms with Crippen LogP contribution in [-0.4, -0.2) is 16.0 Å². The number of Topliss-reactive ketones (excluding diaryl/α,β-unsaturated/α-hetero) is 1. The summed E-state index contributed by atoms with van der Waals surface area (Å²) in [6.07, 6.45) is 0. The minimum Gasteiger partial charge on any atom is -0.508 e. The molecule has 0 bridgehead atoms. The van der Waals surface area contributed by atoms with Crippen LogP contribution < -0.4 is 5.32 Å². The lowest BCUT2D eigenvalue weighted by molar-refractivity contribution is 0.103. The maximum atomic E-state index is 13.3. The number of hydrogen-bond acceptors (Lipinski definition) is 5. The Morgan fingerprint density at radius 1 is 0.852 bits per heavy atom. The maximum Gasteiger partial charge on any atom is 0.193 e. The third kappa shape index (κ3) is 2.51. The SMILES string of the molecule is O=C1C2=C(Nc3ccccc3SC2c2cc(O)cc(O)c2)c2ccccc21. The minimum absolute atomic E-state index is 0.0266. The second kappa shape index (κ2) is 5.93. The van der Waals surface area contributed by atoms with Crippen molar-refractivity contribution in [3.8, 4) is 11.5 Å². The Hall–Kier alpha value is -3.18. The Bertz CT molecular complexity index is 1120. The highest BCUT2D eigenvalue weighted by Gasteiger charge is 2.38. The third-order valence-electron chi connectivity index (χ3n) is 4.84. The van der Waals surface area contributed by atoms with Gasteiger partial charge in [-0.05, 0) is 29.8 Å². The summed E-state index contributed by atoms with van der Waals surface area (Å²) in [6.45, 7) is 0. The summed E-state index contributed by atoms with van der Waals surface area (Å²) in [6, 6.07) is 20.0. The Labute approximate surface area is 160 Å². The summed E-state index contributed by atoms with van der Waals surface area (Å²) in [5.74, 6) is -0.0800. The van der Waals surface area contributed by atoms with Gasteiger partial charge < -0.3 is 15.5 Å². The van der Waals surface area contributed by atoms with Crippen LogP contribution in [0.25, 0.3) is 5.70 Å². The van der Waals surface area contributed by atoms with Crippen LogP contribution in [-0.2, 0) is 0 Å². The predicted octanol–water partition coefficient (Wildman–Crippen LogP) is 4.96. The summed E-state index contributed by atoms with van der Waals surface area (Å²) < 4.78 is 0. The first-order chi connectivity index (χ1) is 13.1. The van der Waals surface area contributed by atoms with Gasteiger partial charge in [-0.3, -0.25) is 4.79 Å². The van der Waals surface area contributed by atoms with Gasteiger partial charge in [0.1, 0.15) is 11.5 Å². The molecule has 4 nitrogen and oxygen atoms in total. The number of fused-ring (bicyclic) bond motifs is 3. The van der Waals surface area contributed by atoms with Crippen LogP contribution in [0, 0.1) is 0 Å². The third-order valence-corrected chi connectivity index (χ3v) is 6.19. The van der Waals surface area contributed by atoms with Gasteiger partial charge in [0.15, 0.2) is 5.78 Å². The fraction of sp³-hybridized carbons (Fsp3) is 0.0455. The van der Waals surface area contributed by atoms with E-state index in [9.17, 15) is 15.0 Å². The summed E-state index contributed by atoms with van der Waals surface area (Å²) in [5.41, 5.74) is 4.60. The predicted molar refractivity (Wildman–Crippen MR) is 106 cm³/mol. The number of thioether (sulfide) groups is 1. The van der Waals surface area contributed by atoms with Gasteiger partial charge in [-0.25, -0.2) is 0 Å². The molecular weight excluding hydrogens is 358 g/mol. The van der Waals surface area contributed by atoms with Crippen molar-refractivity contribution in [3.05, 3.63) is 89.0 Å². The molecule has 3 N–H and O–H groups in total. The smallest absolute Gasteiger partial charge is 0.193 e. The van der Waals surface area contributed by atoms with Crippen molar-refractivity contribution in [2.24, 2.45) is 0 Å². The molecule has 1 heterocycles. The zero-order chi connectivity index (χ0) is 18.5. The highest BCUT2D eigenvalue weighted by Crippen LogP contribution is 2.52. The molecule has 0 aromatic heterocycles. The summed E-state index contributed by atoms with van der Waals surface area (Å²) >= 11 is 1.54. The van der Waals surface area contributed by atoms with Gasteiger partial charge in [0.2, 0.25) is 0 Å². The molecule has 5 rings (SSSR count). The molecule has 0 fully saturated rings. The first-order valence-electron chi connectivity index (χ1n) is 8.56. The van der Waals surface area contributed by atoms with Crippen molar-refractivity contribution < 1.29 is 15.0 Å². The van der Waals surface area contributed by atoms with E-state index in [1.165, 1.54) is 17.8 Å². The Kier molecular flexibility index (Phi) is 3.52. The number of carbonyl (C=O) groups is 1. The van der Waals surface area contributed by atoms with Crippen LogP contribution in [0.15, 0.2) is 77.2 Å². The summed E-state index contributed by atoms with van der Waals surface area (Å²) in [4.78, 5) is 14.3. The van der Waals surface area contributed by atoms with Crippen molar-refractivity contribution in [2.45, 2.75) is 10.1 Å². The summed E-state index contributed by atoms with van der Waals surface area (Å²) in [5, 5.41) is 23.1. The van der Waals surface area contributed by atoms with Crippen molar-refractivity contribution in [1.82, 2.24) is 0 Å². The number of phenols is 2. The zero-order valence-electron chi connectivity index (χ0n) is 14.1. The van der Waals surface area contributed by atoms with Gasteiger partial charge in [0.05, 0.1) is 16.6 Å². The zero-order valence-corrected chi connectivity index (χ0v) is 15.0. The number of aromatic hydroxyl groups is 2. The molecule has 0 saturated heterocycles. The standard InChI is InChI=1S/C22H15NO3S/c24-13-9-12(10-14(25)11-13)22-19-20(15-5-1-2-6-16(15)21(19)26)23-17-7-3-4-8-18(17)27-22/h1-11,22-25H. The molecular formula is C22H15NO3S. The molecule has 3 aromatic carbocycles. The van der Waals surface area contributed by atoms with Crippen molar-refractivity contribution in [3.63, 3.8) is 0 Å². The van der Waals surface area contributed by atoms with Crippen LogP contribution >= 0.6 is 11.8 Å². The molecule has 1 atom stereocenters. The Balaban J connectivity index is 1.77. The van der Waals surface area contributed by atoms with E-state index in [0.717, 1.165) is 21.8 Å². The number of para-hydroxylation sites is 1. The van der Waals surface area contributed by atoms with Gasteiger partial charge in [-0.2, -0.15) is 0 Å². The van der Waals surface area contributed by atoms with Crippen LogP contribution in [0.5, 0.6) is 11.5 Å². The van der Waals surface area contributed by atoms with E-state index in [4.69, 9.17) is 0 Å². The van der Waals surface area contributed by atoms with E-state index in [2.05, 4.69) is 5.32 Å². The highest BCUT2D eigenvalue weighted by atomic mass is 32.2. The molecule has 0 amide bonds. The number of anilines is 1. The van der Waals surface area contributed by atoms with Gasteiger partial charge >= 0.3 is 0 Å². The number of benzene rings is 3. The average Bonchev–Trinajstić information content (AvgIpc) is 2.83. The topological polar surface area (TPSA) is 69.6 Å². The number of nitrogens with one attached hydrogen (secondary N) is 1. The summed E-state index contributed by atoms with van der Waals surface area (Å²) in [7, 11) is 0. The van der Waals surface area contributed by atoms with Crippen LogP contribution in [0.1, 0.15) is 26.7 Å². The van der Waals surface area contributed by atoms with Crippen molar-refractivity contribution in [1.29, 1.82) is 0 Å². The van der Waals surface area contributed by atoms with E-state index < -0.39 is 0 Å². The largest absolute Gasteiger partial charge is 0.508 e. The van der Waals surface area contributed by atoms with E-state index >= 15 is 0 Å². The van der Waals surface area contributed by atoms with Crippen LogP contribution in [0.3, 0.4) is 0 Å². The van der Waals surface area contributed by atoms with Gasteiger partial charge in [0.25, 0.3) is 0 Å². The first-order valence-corrected chi connectivity index (χ1v) is 9.43. The molecule has 3 aromatic rings. The quantitative estimate of drug-likeness (QED) is 0.562. The number of ketones is 1. The van der Waals surface area contributed by atoms with E-state index in [1.54, 1.807) is 12.1 Å². The lowest BCUT2D eigenvalue weighted by Gasteiger charge is -2.18. The normalized spacial score (nSPS) is 17.6. The number of rotatable bonds is 1. The maximum absolute atomic E-state index is 13.3. The number of carbonyl (C=O) groups excluding carboxylic acids is 1. The molecule has 1 unspecified atom stereocenters.